The third-order valence-corrected chi connectivity index (χ3v) is 2.41. The zero-order chi connectivity index (χ0) is 8.27. The molecule has 0 amide bonds. The van der Waals surface area contributed by atoms with Crippen molar-refractivity contribution in [1.29, 1.82) is 5.26 Å². The molecule has 58 valence electrons. The number of hydrogen-bond acceptors (Lipinski definition) is 4. The quantitative estimate of drug-likeness (QED) is 0.733. The summed E-state index contributed by atoms with van der Waals surface area (Å²) in [5.41, 5.74) is 0. The van der Waals surface area contributed by atoms with Gasteiger partial charge in [-0.1, -0.05) is 6.92 Å². The third-order valence-electron chi connectivity index (χ3n) is 1.40. The van der Waals surface area contributed by atoms with Crippen LogP contribution in [0.25, 0.3) is 0 Å². The molecule has 0 radical (unpaired) electrons. The zero-order valence-corrected chi connectivity index (χ0v) is 6.93. The van der Waals surface area contributed by atoms with Crippen LogP contribution in [-0.2, 0) is 0 Å². The molecule has 1 rings (SSSR count). The molecular weight excluding hydrogens is 160 g/mol. The van der Waals surface area contributed by atoms with E-state index in [-0.39, 0.29) is 11.8 Å². The van der Waals surface area contributed by atoms with Gasteiger partial charge in [0.2, 0.25) is 5.88 Å². The van der Waals surface area contributed by atoms with Gasteiger partial charge in [-0.25, -0.2) is 0 Å². The average Bonchev–Trinajstić information content (AvgIpc) is 2.36. The first-order chi connectivity index (χ1) is 5.24. The fourth-order valence-corrected chi connectivity index (χ4v) is 1.42. The standard InChI is InChI=1S/C7H8N2OS/c1-5(2-3-8)6-4-7(10)9-11-6/h4-5H,2H2,1H3,(H,9,10). The molecule has 4 heteroatoms. The predicted molar refractivity (Wildman–Crippen MR) is 42.4 cm³/mol. The fraction of sp³-hybridized carbons (Fsp3) is 0.429. The van der Waals surface area contributed by atoms with Crippen LogP contribution in [0, 0.1) is 11.3 Å². The Morgan fingerprint density at radius 1 is 1.91 bits per heavy atom. The molecule has 0 bridgehead atoms. The smallest absolute Gasteiger partial charge is 0.222 e. The van der Waals surface area contributed by atoms with Gasteiger partial charge in [-0.05, 0) is 11.5 Å². The van der Waals surface area contributed by atoms with Crippen LogP contribution in [0.3, 0.4) is 0 Å². The number of nitriles is 1. The highest BCUT2D eigenvalue weighted by Gasteiger charge is 2.08. The molecule has 1 atom stereocenters. The van der Waals surface area contributed by atoms with Crippen molar-refractivity contribution >= 4 is 11.5 Å². The molecule has 11 heavy (non-hydrogen) atoms. The van der Waals surface area contributed by atoms with Crippen LogP contribution in [-0.4, -0.2) is 9.48 Å². The van der Waals surface area contributed by atoms with Gasteiger partial charge in [0.25, 0.3) is 0 Å². The highest BCUT2D eigenvalue weighted by atomic mass is 32.1. The van der Waals surface area contributed by atoms with E-state index in [1.807, 2.05) is 6.92 Å². The van der Waals surface area contributed by atoms with E-state index < -0.39 is 0 Å². The molecule has 0 fully saturated rings. The first-order valence-electron chi connectivity index (χ1n) is 3.26. The first-order valence-corrected chi connectivity index (χ1v) is 4.04. The van der Waals surface area contributed by atoms with E-state index >= 15 is 0 Å². The van der Waals surface area contributed by atoms with Gasteiger partial charge in [0.05, 0.1) is 6.07 Å². The molecule has 1 aromatic heterocycles. The van der Waals surface area contributed by atoms with Crippen LogP contribution in [0.15, 0.2) is 6.07 Å². The lowest BCUT2D eigenvalue weighted by molar-refractivity contribution is 0.459. The number of nitrogens with zero attached hydrogens (tertiary/aromatic N) is 2. The summed E-state index contributed by atoms with van der Waals surface area (Å²) in [6.45, 7) is 1.94. The minimum atomic E-state index is 0.0507. The molecule has 0 aliphatic carbocycles. The molecule has 0 spiro atoms. The van der Waals surface area contributed by atoms with Crippen molar-refractivity contribution in [2.45, 2.75) is 19.3 Å². The maximum absolute atomic E-state index is 8.89. The van der Waals surface area contributed by atoms with Crippen LogP contribution in [0.4, 0.5) is 0 Å². The summed E-state index contributed by atoms with van der Waals surface area (Å²) in [5, 5.41) is 17.3. The second-order valence-electron chi connectivity index (χ2n) is 2.35. The Morgan fingerprint density at radius 2 is 2.64 bits per heavy atom. The largest absolute Gasteiger partial charge is 0.493 e. The molecule has 1 N–H and O–H groups in total. The second-order valence-corrected chi connectivity index (χ2v) is 3.19. The van der Waals surface area contributed by atoms with Crippen molar-refractivity contribution in [1.82, 2.24) is 4.37 Å². The lowest BCUT2D eigenvalue weighted by Crippen LogP contribution is -1.86. The highest BCUT2D eigenvalue weighted by Crippen LogP contribution is 2.25. The molecule has 1 heterocycles. The van der Waals surface area contributed by atoms with E-state index in [9.17, 15) is 0 Å². The molecule has 0 aliphatic heterocycles. The Bertz CT molecular complexity index is 276. The van der Waals surface area contributed by atoms with Crippen LogP contribution in [0.5, 0.6) is 5.88 Å². The van der Waals surface area contributed by atoms with E-state index in [2.05, 4.69) is 10.4 Å². The van der Waals surface area contributed by atoms with E-state index in [0.717, 1.165) is 4.88 Å². The average molecular weight is 168 g/mol. The van der Waals surface area contributed by atoms with Gasteiger partial charge in [0.15, 0.2) is 0 Å². The summed E-state index contributed by atoms with van der Waals surface area (Å²) in [4.78, 5) is 0.962. The highest BCUT2D eigenvalue weighted by molar-refractivity contribution is 7.06. The number of aromatic nitrogens is 1. The molecule has 1 unspecified atom stereocenters. The normalized spacial score (nSPS) is 12.4. The van der Waals surface area contributed by atoms with Gasteiger partial charge in [-0.15, -0.1) is 0 Å². The van der Waals surface area contributed by atoms with Gasteiger partial charge in [-0.2, -0.15) is 9.64 Å². The molecule has 0 saturated carbocycles. The molecule has 0 aromatic carbocycles. The Hall–Kier alpha value is -1.08. The Balaban J connectivity index is 2.70. The molecule has 0 saturated heterocycles. The molecule has 1 aromatic rings. The molecule has 0 aliphatic rings. The summed E-state index contributed by atoms with van der Waals surface area (Å²) in [6.07, 6.45) is 0.474. The minimum Gasteiger partial charge on any atom is -0.493 e. The lowest BCUT2D eigenvalue weighted by atomic mass is 10.1. The zero-order valence-electron chi connectivity index (χ0n) is 6.11. The summed E-state index contributed by atoms with van der Waals surface area (Å²) >= 11 is 1.25. The van der Waals surface area contributed by atoms with Gasteiger partial charge in [0.1, 0.15) is 0 Å². The van der Waals surface area contributed by atoms with Gasteiger partial charge in [0, 0.05) is 23.3 Å². The van der Waals surface area contributed by atoms with Crippen molar-refractivity contribution in [3.05, 3.63) is 10.9 Å². The van der Waals surface area contributed by atoms with Gasteiger partial charge >= 0.3 is 0 Å². The number of hydrogen-bond donors (Lipinski definition) is 1. The summed E-state index contributed by atoms with van der Waals surface area (Å²) < 4.78 is 3.71. The molecule has 3 nitrogen and oxygen atoms in total. The maximum atomic E-state index is 8.89. The van der Waals surface area contributed by atoms with Crippen LogP contribution < -0.4 is 0 Å². The Kier molecular flexibility index (Phi) is 2.44. The summed E-state index contributed by atoms with van der Waals surface area (Å²) in [7, 11) is 0. The van der Waals surface area contributed by atoms with E-state index in [4.69, 9.17) is 10.4 Å². The van der Waals surface area contributed by atoms with Crippen molar-refractivity contribution < 1.29 is 5.11 Å². The lowest BCUT2D eigenvalue weighted by Gasteiger charge is -1.99. The van der Waals surface area contributed by atoms with Crippen molar-refractivity contribution in [2.24, 2.45) is 0 Å². The van der Waals surface area contributed by atoms with Crippen molar-refractivity contribution in [3.63, 3.8) is 0 Å². The molecular formula is C7H8N2OS. The van der Waals surface area contributed by atoms with E-state index in [1.165, 1.54) is 11.5 Å². The van der Waals surface area contributed by atoms with E-state index in [0.29, 0.717) is 6.42 Å². The van der Waals surface area contributed by atoms with Crippen LogP contribution in [0.2, 0.25) is 0 Å². The van der Waals surface area contributed by atoms with Gasteiger partial charge < -0.3 is 5.11 Å². The van der Waals surface area contributed by atoms with E-state index in [1.54, 1.807) is 6.07 Å². The predicted octanol–water partition coefficient (Wildman–Crippen LogP) is 1.87. The fourth-order valence-electron chi connectivity index (χ4n) is 0.749. The first kappa shape index (κ1) is 8.02. The van der Waals surface area contributed by atoms with Gasteiger partial charge in [-0.3, -0.25) is 0 Å². The summed E-state index contributed by atoms with van der Waals surface area (Å²) in [6, 6.07) is 3.68. The Morgan fingerprint density at radius 3 is 3.09 bits per heavy atom. The van der Waals surface area contributed by atoms with Crippen LogP contribution in [0.1, 0.15) is 24.1 Å². The number of aromatic hydroxyl groups is 1. The Labute approximate surface area is 69.1 Å². The summed E-state index contributed by atoms with van der Waals surface area (Å²) in [5.74, 6) is 0.230. The second kappa shape index (κ2) is 3.35. The monoisotopic (exact) mass is 168 g/mol. The minimum absolute atomic E-state index is 0.0507. The van der Waals surface area contributed by atoms with Crippen LogP contribution >= 0.6 is 11.5 Å². The third kappa shape index (κ3) is 1.92. The van der Waals surface area contributed by atoms with Crippen molar-refractivity contribution in [3.8, 4) is 11.9 Å². The number of rotatable bonds is 2. The SMILES string of the molecule is CC(CC#N)c1cc(O)ns1. The maximum Gasteiger partial charge on any atom is 0.222 e. The van der Waals surface area contributed by atoms with Crippen molar-refractivity contribution in [2.75, 3.05) is 0 Å². The topological polar surface area (TPSA) is 56.9 Å².